The first-order valence-corrected chi connectivity index (χ1v) is 5.65. The Morgan fingerprint density at radius 3 is 2.62 bits per heavy atom. The Kier molecular flexibility index (Phi) is 3.64. The normalized spacial score (nSPS) is 13.3. The zero-order valence-corrected chi connectivity index (χ0v) is 9.85. The highest BCUT2D eigenvalue weighted by atomic mass is 79.9. The minimum atomic E-state index is -0.962. The van der Waals surface area contributed by atoms with Crippen LogP contribution in [0.1, 0.15) is 24.8 Å². The van der Waals surface area contributed by atoms with Crippen molar-refractivity contribution in [2.24, 2.45) is 5.92 Å². The van der Waals surface area contributed by atoms with Gasteiger partial charge >= 0.3 is 0 Å². The van der Waals surface area contributed by atoms with Gasteiger partial charge in [0.05, 0.1) is 0 Å². The van der Waals surface area contributed by atoms with Crippen LogP contribution in [0.5, 0.6) is 0 Å². The van der Waals surface area contributed by atoms with E-state index in [0.29, 0.717) is 4.88 Å². The maximum atomic E-state index is 11.4. The van der Waals surface area contributed by atoms with E-state index in [0.717, 1.165) is 4.47 Å². The lowest BCUT2D eigenvalue weighted by atomic mass is 10.0. The average molecular weight is 263 g/mol. The van der Waals surface area contributed by atoms with Crippen molar-refractivity contribution in [1.82, 2.24) is 0 Å². The monoisotopic (exact) mass is 262 g/mol. The Labute approximate surface area is 89.7 Å². The van der Waals surface area contributed by atoms with Crippen LogP contribution in [0.15, 0.2) is 15.9 Å². The first kappa shape index (κ1) is 10.9. The quantitative estimate of drug-likeness (QED) is 0.910. The van der Waals surface area contributed by atoms with Gasteiger partial charge in [0, 0.05) is 20.6 Å². The third-order valence-electron chi connectivity index (χ3n) is 1.70. The lowest BCUT2D eigenvalue weighted by Gasteiger charge is -2.09. The average Bonchev–Trinajstić information content (AvgIpc) is 2.49. The molecular weight excluding hydrogens is 252 g/mol. The molecule has 1 heterocycles. The molecule has 1 N–H and O–H groups in total. The van der Waals surface area contributed by atoms with Gasteiger partial charge in [-0.05, 0) is 22.0 Å². The zero-order valence-electron chi connectivity index (χ0n) is 7.45. The topological polar surface area (TPSA) is 37.3 Å². The Hall–Kier alpha value is -0.190. The number of thiophene rings is 1. The molecule has 1 unspecified atom stereocenters. The summed E-state index contributed by atoms with van der Waals surface area (Å²) in [7, 11) is 0. The highest BCUT2D eigenvalue weighted by Gasteiger charge is 2.21. The van der Waals surface area contributed by atoms with Crippen molar-refractivity contribution in [3.05, 3.63) is 20.8 Å². The van der Waals surface area contributed by atoms with Crippen LogP contribution < -0.4 is 0 Å². The minimum Gasteiger partial charge on any atom is -0.380 e. The summed E-state index contributed by atoms with van der Waals surface area (Å²) < 4.78 is 0.906. The maximum absolute atomic E-state index is 11.4. The van der Waals surface area contributed by atoms with E-state index in [2.05, 4.69) is 15.9 Å². The molecule has 0 aromatic carbocycles. The molecule has 1 atom stereocenters. The summed E-state index contributed by atoms with van der Waals surface area (Å²) in [5.74, 6) is -0.259. The van der Waals surface area contributed by atoms with Crippen LogP contribution in [0.2, 0.25) is 0 Å². The molecule has 0 aliphatic carbocycles. The molecule has 0 radical (unpaired) electrons. The third kappa shape index (κ3) is 2.62. The van der Waals surface area contributed by atoms with Gasteiger partial charge in [-0.15, -0.1) is 11.3 Å². The van der Waals surface area contributed by atoms with Crippen molar-refractivity contribution in [2.45, 2.75) is 20.0 Å². The summed E-state index contributed by atoms with van der Waals surface area (Å²) in [4.78, 5) is 12.1. The lowest BCUT2D eigenvalue weighted by molar-refractivity contribution is -0.130. The molecule has 0 fully saturated rings. The van der Waals surface area contributed by atoms with Crippen molar-refractivity contribution in [3.8, 4) is 0 Å². The van der Waals surface area contributed by atoms with Gasteiger partial charge in [0.15, 0.2) is 5.78 Å². The summed E-state index contributed by atoms with van der Waals surface area (Å²) in [5.41, 5.74) is 0. The summed E-state index contributed by atoms with van der Waals surface area (Å²) in [5, 5.41) is 11.5. The first-order valence-electron chi connectivity index (χ1n) is 3.98. The number of aliphatic hydroxyl groups is 1. The molecule has 0 aliphatic heterocycles. The van der Waals surface area contributed by atoms with Crippen molar-refractivity contribution in [3.63, 3.8) is 0 Å². The number of hydrogen-bond donors (Lipinski definition) is 1. The van der Waals surface area contributed by atoms with Crippen LogP contribution in [-0.4, -0.2) is 10.9 Å². The third-order valence-corrected chi connectivity index (χ3v) is 3.44. The largest absolute Gasteiger partial charge is 0.380 e. The Morgan fingerprint density at radius 1 is 1.62 bits per heavy atom. The van der Waals surface area contributed by atoms with Gasteiger partial charge in [0.1, 0.15) is 6.10 Å². The van der Waals surface area contributed by atoms with E-state index in [1.54, 1.807) is 19.9 Å². The fourth-order valence-corrected chi connectivity index (χ4v) is 2.36. The van der Waals surface area contributed by atoms with Crippen LogP contribution in [0.25, 0.3) is 0 Å². The van der Waals surface area contributed by atoms with Gasteiger partial charge in [-0.2, -0.15) is 0 Å². The minimum absolute atomic E-state index is 0.129. The van der Waals surface area contributed by atoms with Crippen molar-refractivity contribution < 1.29 is 9.90 Å². The second-order valence-corrected chi connectivity index (χ2v) is 4.99. The second-order valence-electron chi connectivity index (χ2n) is 3.13. The van der Waals surface area contributed by atoms with Gasteiger partial charge in [0.2, 0.25) is 0 Å². The molecule has 0 aliphatic rings. The van der Waals surface area contributed by atoms with Gasteiger partial charge in [-0.3, -0.25) is 4.79 Å². The molecular formula is C9H11BrO2S. The molecule has 1 aromatic rings. The summed E-state index contributed by atoms with van der Waals surface area (Å²) in [6, 6.07) is 1.77. The van der Waals surface area contributed by atoms with Crippen LogP contribution >= 0.6 is 27.3 Å². The van der Waals surface area contributed by atoms with Crippen LogP contribution in [0, 0.1) is 5.92 Å². The Bertz CT molecular complexity index is 306. The first-order chi connectivity index (χ1) is 6.02. The van der Waals surface area contributed by atoms with Crippen LogP contribution in [0.4, 0.5) is 0 Å². The molecule has 0 spiro atoms. The van der Waals surface area contributed by atoms with Crippen LogP contribution in [-0.2, 0) is 4.79 Å². The fourth-order valence-electron chi connectivity index (χ4n) is 0.928. The zero-order chi connectivity index (χ0) is 10.0. The van der Waals surface area contributed by atoms with E-state index in [4.69, 9.17) is 0 Å². The lowest BCUT2D eigenvalue weighted by Crippen LogP contribution is -2.16. The highest BCUT2D eigenvalue weighted by molar-refractivity contribution is 9.10. The molecule has 1 aromatic heterocycles. The molecule has 13 heavy (non-hydrogen) atoms. The number of ketones is 1. The molecule has 0 amide bonds. The molecule has 72 valence electrons. The summed E-state index contributed by atoms with van der Waals surface area (Å²) in [6.45, 7) is 3.57. The highest BCUT2D eigenvalue weighted by Crippen LogP contribution is 2.27. The summed E-state index contributed by atoms with van der Waals surface area (Å²) in [6.07, 6.45) is -0.962. The molecule has 1 rings (SSSR count). The van der Waals surface area contributed by atoms with Crippen molar-refractivity contribution in [1.29, 1.82) is 0 Å². The Morgan fingerprint density at radius 2 is 2.23 bits per heavy atom. The molecule has 0 saturated heterocycles. The molecule has 2 nitrogen and oxygen atoms in total. The van der Waals surface area contributed by atoms with Gasteiger partial charge in [-0.25, -0.2) is 0 Å². The van der Waals surface area contributed by atoms with Crippen molar-refractivity contribution in [2.75, 3.05) is 0 Å². The van der Waals surface area contributed by atoms with E-state index in [1.165, 1.54) is 11.3 Å². The number of hydrogen-bond acceptors (Lipinski definition) is 3. The van der Waals surface area contributed by atoms with Crippen molar-refractivity contribution >= 4 is 33.0 Å². The van der Waals surface area contributed by atoms with E-state index in [-0.39, 0.29) is 11.7 Å². The second kappa shape index (κ2) is 4.35. The van der Waals surface area contributed by atoms with Gasteiger partial charge in [-0.1, -0.05) is 13.8 Å². The number of carbonyl (C=O) groups excluding carboxylic acids is 1. The van der Waals surface area contributed by atoms with E-state index < -0.39 is 6.10 Å². The molecule has 0 bridgehead atoms. The summed E-state index contributed by atoms with van der Waals surface area (Å²) >= 11 is 4.66. The Balaban J connectivity index is 2.79. The predicted octanol–water partition coefficient (Wildman–Crippen LogP) is 2.77. The molecule has 4 heteroatoms. The number of Topliss-reactive ketones (excluding diaryl/α,β-unsaturated/α-hetero) is 1. The smallest absolute Gasteiger partial charge is 0.169 e. The van der Waals surface area contributed by atoms with E-state index in [9.17, 15) is 9.90 Å². The number of carbonyl (C=O) groups is 1. The predicted molar refractivity (Wildman–Crippen MR) is 56.8 cm³/mol. The number of rotatable bonds is 3. The molecule has 0 saturated carbocycles. The van der Waals surface area contributed by atoms with Crippen LogP contribution in [0.3, 0.4) is 0 Å². The van der Waals surface area contributed by atoms with Gasteiger partial charge in [0.25, 0.3) is 0 Å². The standard InChI is InChI=1S/C9H11BrO2S/c1-5(2)8(11)9(12)7-3-6(10)4-13-7/h3-5,9,12H,1-2H3. The van der Waals surface area contributed by atoms with E-state index >= 15 is 0 Å². The fraction of sp³-hybridized carbons (Fsp3) is 0.444. The van der Waals surface area contributed by atoms with Gasteiger partial charge < -0.3 is 5.11 Å². The van der Waals surface area contributed by atoms with E-state index in [1.807, 2.05) is 5.38 Å². The number of halogens is 1. The number of aliphatic hydroxyl groups excluding tert-OH is 1. The SMILES string of the molecule is CC(C)C(=O)C(O)c1cc(Br)cs1. The maximum Gasteiger partial charge on any atom is 0.169 e.